The largest absolute Gasteiger partial charge is 0.374 e. The van der Waals surface area contributed by atoms with Gasteiger partial charge in [-0.2, -0.15) is 9.80 Å². The van der Waals surface area contributed by atoms with E-state index < -0.39 is 5.56 Å². The molecule has 4 rings (SSSR count). The van der Waals surface area contributed by atoms with Crippen molar-refractivity contribution in [1.29, 1.82) is 0 Å². The molecule has 4 N–H and O–H groups in total. The zero-order valence-electron chi connectivity index (χ0n) is 14.3. The van der Waals surface area contributed by atoms with Crippen LogP contribution < -0.4 is 11.3 Å². The number of azo groups is 1. The Bertz CT molecular complexity index is 1200. The van der Waals surface area contributed by atoms with Crippen LogP contribution in [0.3, 0.4) is 0 Å². The molecule has 27 heavy (non-hydrogen) atoms. The van der Waals surface area contributed by atoms with Crippen LogP contribution in [0.25, 0.3) is 22.4 Å². The van der Waals surface area contributed by atoms with Crippen molar-refractivity contribution in [2.45, 2.75) is 6.92 Å². The number of benzene rings is 2. The molecular weight excluding hydrogens is 362 g/mol. The Balaban J connectivity index is 1.60. The van der Waals surface area contributed by atoms with Crippen LogP contribution in [0.4, 0.5) is 11.4 Å². The van der Waals surface area contributed by atoms with Gasteiger partial charge >= 0.3 is 5.56 Å². The molecule has 134 valence electrons. The van der Waals surface area contributed by atoms with Crippen molar-refractivity contribution in [3.05, 3.63) is 64.6 Å². The van der Waals surface area contributed by atoms with Crippen LogP contribution in [-0.4, -0.2) is 24.9 Å². The fourth-order valence-electron chi connectivity index (χ4n) is 2.69. The number of fused-ring (bicyclic) bond motifs is 1. The minimum atomic E-state index is -0.428. The van der Waals surface area contributed by atoms with E-state index in [1.807, 2.05) is 36.4 Å². The average Bonchev–Trinajstić information content (AvgIpc) is 3.22. The van der Waals surface area contributed by atoms with E-state index in [0.717, 1.165) is 27.1 Å². The van der Waals surface area contributed by atoms with Gasteiger partial charge in [-0.05, 0) is 55.5 Å². The Hall–Kier alpha value is -3.59. The van der Waals surface area contributed by atoms with Crippen LogP contribution >= 0.6 is 12.2 Å². The second kappa shape index (κ2) is 6.61. The topological polar surface area (TPSA) is 117 Å². The molecule has 0 atom stereocenters. The number of aryl methyl sites for hydroxylation is 1. The molecule has 0 saturated carbocycles. The lowest BCUT2D eigenvalue weighted by molar-refractivity contribution is 0.889. The van der Waals surface area contributed by atoms with Crippen LogP contribution in [-0.2, 0) is 0 Å². The summed E-state index contributed by atoms with van der Waals surface area (Å²) >= 11 is 4.81. The van der Waals surface area contributed by atoms with E-state index in [1.54, 1.807) is 19.1 Å². The standard InChI is InChI=1S/C18H15N7OS/c1-10-15(17(26)25(24-10)18(19)27)23-22-12-8-6-11(7-9-12)16-20-13-4-2-3-5-14(13)21-16/h2-9,24H,1H3,(H2,19,27)(H,20,21). The SMILES string of the molecule is Cc1[nH]n(C(N)=S)c(=O)c1N=Nc1ccc(-c2nc3ccccc3[nH]2)cc1. The van der Waals surface area contributed by atoms with Crippen molar-refractivity contribution < 1.29 is 0 Å². The first-order valence-corrected chi connectivity index (χ1v) is 8.52. The van der Waals surface area contributed by atoms with Crippen LogP contribution in [0.2, 0.25) is 0 Å². The first-order valence-electron chi connectivity index (χ1n) is 8.11. The van der Waals surface area contributed by atoms with Crippen LogP contribution in [0.15, 0.2) is 63.6 Å². The number of thiocarbonyl (C=S) groups is 1. The Morgan fingerprint density at radius 2 is 1.89 bits per heavy atom. The first kappa shape index (κ1) is 16.9. The van der Waals surface area contributed by atoms with E-state index >= 15 is 0 Å². The second-order valence-electron chi connectivity index (χ2n) is 5.91. The third kappa shape index (κ3) is 3.15. The number of aromatic amines is 2. The van der Waals surface area contributed by atoms with E-state index in [2.05, 4.69) is 25.3 Å². The lowest BCUT2D eigenvalue weighted by Crippen LogP contribution is -2.29. The third-order valence-corrected chi connectivity index (χ3v) is 4.24. The molecule has 0 aliphatic rings. The molecule has 2 aromatic carbocycles. The van der Waals surface area contributed by atoms with Gasteiger partial charge < -0.3 is 10.7 Å². The van der Waals surface area contributed by atoms with Crippen molar-refractivity contribution in [2.75, 3.05) is 0 Å². The maximum Gasteiger partial charge on any atom is 0.301 e. The highest BCUT2D eigenvalue weighted by Gasteiger charge is 2.12. The number of nitrogens with two attached hydrogens (primary N) is 1. The number of H-pyrrole nitrogens is 2. The van der Waals surface area contributed by atoms with Gasteiger partial charge in [0.2, 0.25) is 0 Å². The highest BCUT2D eigenvalue weighted by Crippen LogP contribution is 2.24. The predicted molar refractivity (Wildman–Crippen MR) is 108 cm³/mol. The number of imidazole rings is 1. The average molecular weight is 377 g/mol. The van der Waals surface area contributed by atoms with Gasteiger partial charge in [0.15, 0.2) is 10.8 Å². The highest BCUT2D eigenvalue weighted by atomic mass is 32.1. The fraction of sp³-hybridized carbons (Fsp3) is 0.0556. The number of nitrogens with one attached hydrogen (secondary N) is 2. The number of para-hydroxylation sites is 2. The molecule has 0 spiro atoms. The molecule has 8 nitrogen and oxygen atoms in total. The molecule has 0 aliphatic heterocycles. The minimum absolute atomic E-state index is 0.0697. The molecule has 9 heteroatoms. The number of hydrogen-bond donors (Lipinski definition) is 3. The molecule has 0 radical (unpaired) electrons. The summed E-state index contributed by atoms with van der Waals surface area (Å²) in [4.78, 5) is 20.0. The summed E-state index contributed by atoms with van der Waals surface area (Å²) in [7, 11) is 0. The van der Waals surface area contributed by atoms with Crippen molar-refractivity contribution >= 4 is 39.7 Å². The molecule has 0 fully saturated rings. The molecule has 2 aromatic heterocycles. The van der Waals surface area contributed by atoms with Gasteiger partial charge in [0.05, 0.1) is 22.4 Å². The van der Waals surface area contributed by atoms with E-state index in [4.69, 9.17) is 18.0 Å². The molecule has 0 saturated heterocycles. The van der Waals surface area contributed by atoms with E-state index in [9.17, 15) is 4.79 Å². The Kier molecular flexibility index (Phi) is 4.13. The van der Waals surface area contributed by atoms with Crippen LogP contribution in [0.5, 0.6) is 0 Å². The first-order chi connectivity index (χ1) is 13.0. The smallest absolute Gasteiger partial charge is 0.301 e. The Morgan fingerprint density at radius 1 is 1.15 bits per heavy atom. The molecule has 0 unspecified atom stereocenters. The van der Waals surface area contributed by atoms with Crippen molar-refractivity contribution in [1.82, 2.24) is 19.7 Å². The molecule has 0 bridgehead atoms. The second-order valence-corrected chi connectivity index (χ2v) is 6.33. The van der Waals surface area contributed by atoms with Gasteiger partial charge in [0.1, 0.15) is 5.82 Å². The van der Waals surface area contributed by atoms with Crippen molar-refractivity contribution in [2.24, 2.45) is 16.0 Å². The Morgan fingerprint density at radius 3 is 2.56 bits per heavy atom. The van der Waals surface area contributed by atoms with Crippen LogP contribution in [0.1, 0.15) is 5.69 Å². The zero-order valence-corrected chi connectivity index (χ0v) is 15.1. The number of nitrogens with zero attached hydrogens (tertiary/aromatic N) is 4. The number of hydrogen-bond acceptors (Lipinski definition) is 5. The summed E-state index contributed by atoms with van der Waals surface area (Å²) in [6, 6.07) is 15.2. The van der Waals surface area contributed by atoms with E-state index in [1.165, 1.54) is 0 Å². The molecule has 2 heterocycles. The summed E-state index contributed by atoms with van der Waals surface area (Å²) in [5, 5.41) is 10.9. The van der Waals surface area contributed by atoms with Crippen LogP contribution in [0, 0.1) is 6.92 Å². The number of rotatable bonds is 3. The number of aromatic nitrogens is 4. The summed E-state index contributed by atoms with van der Waals surface area (Å²) < 4.78 is 1.06. The van der Waals surface area contributed by atoms with Crippen molar-refractivity contribution in [3.8, 4) is 11.4 Å². The summed E-state index contributed by atoms with van der Waals surface area (Å²) in [6.45, 7) is 1.70. The van der Waals surface area contributed by atoms with Gasteiger partial charge in [0.25, 0.3) is 0 Å². The quantitative estimate of drug-likeness (QED) is 0.374. The van der Waals surface area contributed by atoms with Crippen molar-refractivity contribution in [3.63, 3.8) is 0 Å². The molecule has 0 amide bonds. The summed E-state index contributed by atoms with van der Waals surface area (Å²) in [5.41, 5.74) is 9.19. The van der Waals surface area contributed by atoms with Gasteiger partial charge in [-0.1, -0.05) is 12.1 Å². The van der Waals surface area contributed by atoms with E-state index in [0.29, 0.717) is 11.4 Å². The lowest BCUT2D eigenvalue weighted by atomic mass is 10.2. The minimum Gasteiger partial charge on any atom is -0.374 e. The molecule has 4 aromatic rings. The molecule has 0 aliphatic carbocycles. The maximum absolute atomic E-state index is 12.2. The monoisotopic (exact) mass is 377 g/mol. The maximum atomic E-state index is 12.2. The summed E-state index contributed by atoms with van der Waals surface area (Å²) in [6.07, 6.45) is 0. The summed E-state index contributed by atoms with van der Waals surface area (Å²) in [5.74, 6) is 0.778. The van der Waals surface area contributed by atoms with Gasteiger partial charge in [0, 0.05) is 5.56 Å². The van der Waals surface area contributed by atoms with Gasteiger partial charge in [-0.25, -0.2) is 4.98 Å². The third-order valence-electron chi connectivity index (χ3n) is 4.06. The predicted octanol–water partition coefficient (Wildman–Crippen LogP) is 3.54. The van der Waals surface area contributed by atoms with Gasteiger partial charge in [-0.3, -0.25) is 9.89 Å². The zero-order chi connectivity index (χ0) is 19.0. The highest BCUT2D eigenvalue weighted by molar-refractivity contribution is 7.80. The van der Waals surface area contributed by atoms with Gasteiger partial charge in [-0.15, -0.1) is 5.11 Å². The lowest BCUT2D eigenvalue weighted by Gasteiger charge is -1.97. The Labute approximate surface area is 158 Å². The normalized spacial score (nSPS) is 11.4. The molecular formula is C18H15N7OS. The fourth-order valence-corrected chi connectivity index (χ4v) is 2.82. The van der Waals surface area contributed by atoms with E-state index in [-0.39, 0.29) is 10.8 Å².